The Hall–Kier alpha value is -1.14. The maximum Gasteiger partial charge on any atom is 0.326 e. The van der Waals surface area contributed by atoms with Gasteiger partial charge >= 0.3 is 5.97 Å². The molecular formula is C11H18N2O4. The van der Waals surface area contributed by atoms with Gasteiger partial charge in [0.2, 0.25) is 5.91 Å². The number of hydrogen-bond acceptors (Lipinski definition) is 4. The van der Waals surface area contributed by atoms with Crippen LogP contribution in [-0.4, -0.2) is 53.8 Å². The van der Waals surface area contributed by atoms with Crippen LogP contribution in [-0.2, 0) is 14.3 Å². The van der Waals surface area contributed by atoms with Crippen LogP contribution in [0.15, 0.2) is 0 Å². The van der Waals surface area contributed by atoms with Crippen molar-refractivity contribution in [2.45, 2.75) is 44.0 Å². The highest BCUT2D eigenvalue weighted by molar-refractivity contribution is 5.87. The van der Waals surface area contributed by atoms with Gasteiger partial charge in [-0.2, -0.15) is 0 Å². The first-order valence-electron chi connectivity index (χ1n) is 5.99. The molecule has 6 heteroatoms. The van der Waals surface area contributed by atoms with Gasteiger partial charge in [0.15, 0.2) is 0 Å². The van der Waals surface area contributed by atoms with E-state index in [0.717, 1.165) is 12.8 Å². The SMILES string of the molecule is CN[C@H]1CCO[C@@H]2CCC[C@@H](C(=O)O)N2C1=O. The van der Waals surface area contributed by atoms with E-state index >= 15 is 0 Å². The number of hydrogen-bond donors (Lipinski definition) is 2. The monoisotopic (exact) mass is 242 g/mol. The molecule has 0 bridgehead atoms. The fourth-order valence-electron chi connectivity index (χ4n) is 2.56. The molecule has 2 heterocycles. The second-order valence-electron chi connectivity index (χ2n) is 4.49. The molecule has 1 amide bonds. The van der Waals surface area contributed by atoms with Gasteiger partial charge in [-0.05, 0) is 32.7 Å². The number of likely N-dealkylation sites (N-methyl/N-ethyl adjacent to an activating group) is 1. The van der Waals surface area contributed by atoms with Crippen LogP contribution in [0.1, 0.15) is 25.7 Å². The smallest absolute Gasteiger partial charge is 0.326 e. The number of ether oxygens (including phenoxy) is 1. The Labute approximate surface area is 99.9 Å². The van der Waals surface area contributed by atoms with Crippen molar-refractivity contribution in [3.8, 4) is 0 Å². The molecule has 2 aliphatic heterocycles. The van der Waals surface area contributed by atoms with Crippen LogP contribution in [0.5, 0.6) is 0 Å². The Morgan fingerprint density at radius 2 is 2.24 bits per heavy atom. The topological polar surface area (TPSA) is 78.9 Å². The molecule has 2 N–H and O–H groups in total. The summed E-state index contributed by atoms with van der Waals surface area (Å²) in [5.41, 5.74) is 0. The van der Waals surface area contributed by atoms with E-state index in [1.807, 2.05) is 0 Å². The van der Waals surface area contributed by atoms with Crippen molar-refractivity contribution >= 4 is 11.9 Å². The molecule has 0 aromatic carbocycles. The third kappa shape index (κ3) is 2.28. The van der Waals surface area contributed by atoms with Crippen molar-refractivity contribution in [1.82, 2.24) is 10.2 Å². The number of amides is 1. The lowest BCUT2D eigenvalue weighted by atomic mass is 9.99. The maximum atomic E-state index is 12.2. The molecule has 2 rings (SSSR count). The lowest BCUT2D eigenvalue weighted by Gasteiger charge is -2.39. The Kier molecular flexibility index (Phi) is 3.63. The molecule has 0 unspecified atom stereocenters. The van der Waals surface area contributed by atoms with Crippen molar-refractivity contribution < 1.29 is 19.4 Å². The number of fused-ring (bicyclic) bond motifs is 1. The summed E-state index contributed by atoms with van der Waals surface area (Å²) in [5, 5.41) is 12.1. The van der Waals surface area contributed by atoms with Crippen molar-refractivity contribution in [3.63, 3.8) is 0 Å². The molecular weight excluding hydrogens is 224 g/mol. The van der Waals surface area contributed by atoms with Crippen molar-refractivity contribution in [2.75, 3.05) is 13.7 Å². The first-order chi connectivity index (χ1) is 8.15. The summed E-state index contributed by atoms with van der Waals surface area (Å²) in [7, 11) is 1.71. The quantitative estimate of drug-likeness (QED) is 0.700. The fraction of sp³-hybridized carbons (Fsp3) is 0.818. The second kappa shape index (κ2) is 5.01. The Balaban J connectivity index is 2.24. The van der Waals surface area contributed by atoms with Crippen LogP contribution in [0.3, 0.4) is 0 Å². The number of carboxylic acids is 1. The predicted octanol–water partition coefficient (Wildman–Crippen LogP) is -0.214. The van der Waals surface area contributed by atoms with Gasteiger partial charge in [-0.3, -0.25) is 4.79 Å². The first kappa shape index (κ1) is 12.3. The molecule has 17 heavy (non-hydrogen) atoms. The third-order valence-electron chi connectivity index (χ3n) is 3.48. The zero-order chi connectivity index (χ0) is 12.4. The molecule has 2 fully saturated rings. The van der Waals surface area contributed by atoms with Crippen molar-refractivity contribution in [3.05, 3.63) is 0 Å². The standard InChI is InChI=1S/C11H18N2O4/c1-12-7-5-6-17-9-4-2-3-8(11(15)16)13(9)10(7)14/h7-9,12H,2-6H2,1H3,(H,15,16)/t7-,8-,9+/m0/s1. The number of aliphatic carboxylic acids is 1. The minimum absolute atomic E-state index is 0.151. The van der Waals surface area contributed by atoms with Gasteiger partial charge in [-0.15, -0.1) is 0 Å². The minimum atomic E-state index is -0.941. The van der Waals surface area contributed by atoms with E-state index in [9.17, 15) is 14.7 Å². The molecule has 2 aliphatic rings. The summed E-state index contributed by atoms with van der Waals surface area (Å²) in [6.45, 7) is 0.491. The zero-order valence-electron chi connectivity index (χ0n) is 9.89. The van der Waals surface area contributed by atoms with E-state index in [-0.39, 0.29) is 18.2 Å². The number of carbonyl (C=O) groups is 2. The highest BCUT2D eigenvalue weighted by Gasteiger charge is 2.42. The van der Waals surface area contributed by atoms with Crippen molar-refractivity contribution in [2.24, 2.45) is 0 Å². The molecule has 6 nitrogen and oxygen atoms in total. The summed E-state index contributed by atoms with van der Waals surface area (Å²) in [4.78, 5) is 24.9. The molecule has 3 atom stereocenters. The predicted molar refractivity (Wildman–Crippen MR) is 59.3 cm³/mol. The molecule has 0 saturated carbocycles. The number of nitrogens with zero attached hydrogens (tertiary/aromatic N) is 1. The Bertz CT molecular complexity index is 321. The summed E-state index contributed by atoms with van der Waals surface area (Å²) in [6, 6.07) is -1.07. The van der Waals surface area contributed by atoms with Gasteiger partial charge in [0, 0.05) is 0 Å². The fourth-order valence-corrected chi connectivity index (χ4v) is 2.56. The summed E-state index contributed by atoms with van der Waals surface area (Å²) in [6.07, 6.45) is 2.25. The van der Waals surface area contributed by atoms with Gasteiger partial charge < -0.3 is 20.1 Å². The maximum absolute atomic E-state index is 12.2. The second-order valence-corrected chi connectivity index (χ2v) is 4.49. The zero-order valence-corrected chi connectivity index (χ0v) is 9.89. The number of piperidine rings is 1. The van der Waals surface area contributed by atoms with E-state index in [0.29, 0.717) is 19.4 Å². The molecule has 0 radical (unpaired) electrons. The lowest BCUT2D eigenvalue weighted by molar-refractivity contribution is -0.167. The van der Waals surface area contributed by atoms with Crippen LogP contribution in [0.4, 0.5) is 0 Å². The minimum Gasteiger partial charge on any atom is -0.480 e. The highest BCUT2D eigenvalue weighted by atomic mass is 16.5. The van der Waals surface area contributed by atoms with Crippen molar-refractivity contribution in [1.29, 1.82) is 0 Å². The van der Waals surface area contributed by atoms with Crippen LogP contribution in [0, 0.1) is 0 Å². The molecule has 0 spiro atoms. The molecule has 0 aromatic heterocycles. The van der Waals surface area contributed by atoms with E-state index in [1.165, 1.54) is 4.90 Å². The first-order valence-corrected chi connectivity index (χ1v) is 5.99. The van der Waals surface area contributed by atoms with Crippen LogP contribution in [0.25, 0.3) is 0 Å². The summed E-state index contributed by atoms with van der Waals surface area (Å²) < 4.78 is 5.59. The van der Waals surface area contributed by atoms with E-state index in [1.54, 1.807) is 7.05 Å². The van der Waals surface area contributed by atoms with Gasteiger partial charge in [-0.25, -0.2) is 4.79 Å². The third-order valence-corrected chi connectivity index (χ3v) is 3.48. The normalized spacial score (nSPS) is 34.1. The van der Waals surface area contributed by atoms with E-state index in [4.69, 9.17) is 4.74 Å². The summed E-state index contributed by atoms with van der Waals surface area (Å²) >= 11 is 0. The summed E-state index contributed by atoms with van der Waals surface area (Å²) in [5.74, 6) is -1.09. The van der Waals surface area contributed by atoms with Crippen LogP contribution < -0.4 is 5.32 Å². The molecule has 0 aliphatic carbocycles. The molecule has 0 aromatic rings. The Morgan fingerprint density at radius 3 is 2.88 bits per heavy atom. The average Bonchev–Trinajstić information content (AvgIpc) is 2.48. The highest BCUT2D eigenvalue weighted by Crippen LogP contribution is 2.27. The Morgan fingerprint density at radius 1 is 1.47 bits per heavy atom. The number of carboxylic acid groups (broad SMARTS) is 1. The van der Waals surface area contributed by atoms with E-state index in [2.05, 4.69) is 5.32 Å². The van der Waals surface area contributed by atoms with Gasteiger partial charge in [0.25, 0.3) is 0 Å². The number of nitrogens with one attached hydrogen (secondary N) is 1. The van der Waals surface area contributed by atoms with Crippen LogP contribution in [0.2, 0.25) is 0 Å². The molecule has 96 valence electrons. The van der Waals surface area contributed by atoms with E-state index < -0.39 is 12.0 Å². The van der Waals surface area contributed by atoms with Gasteiger partial charge in [-0.1, -0.05) is 0 Å². The van der Waals surface area contributed by atoms with Gasteiger partial charge in [0.05, 0.1) is 12.6 Å². The average molecular weight is 242 g/mol. The van der Waals surface area contributed by atoms with Crippen LogP contribution >= 0.6 is 0 Å². The van der Waals surface area contributed by atoms with Gasteiger partial charge in [0.1, 0.15) is 12.3 Å². The lowest BCUT2D eigenvalue weighted by Crippen LogP contribution is -2.57. The number of carbonyl (C=O) groups excluding carboxylic acids is 1. The largest absolute Gasteiger partial charge is 0.480 e. The number of rotatable bonds is 2. The molecule has 2 saturated heterocycles.